The van der Waals surface area contributed by atoms with Gasteiger partial charge in [-0.15, -0.1) is 0 Å². The van der Waals surface area contributed by atoms with Crippen LogP contribution >= 0.6 is 0 Å². The minimum Gasteiger partial charge on any atom is -0.489 e. The third kappa shape index (κ3) is 4.42. The van der Waals surface area contributed by atoms with E-state index in [1.165, 1.54) is 12.1 Å². The van der Waals surface area contributed by atoms with Crippen molar-refractivity contribution in [3.05, 3.63) is 64.0 Å². The molecule has 9 heteroatoms. The molecule has 0 aliphatic heterocycles. The molecule has 9 nitrogen and oxygen atoms in total. The Morgan fingerprint density at radius 1 is 1.32 bits per heavy atom. The van der Waals surface area contributed by atoms with E-state index >= 15 is 0 Å². The molecule has 0 saturated carbocycles. The first-order chi connectivity index (χ1) is 13.5. The average Bonchev–Trinajstić information content (AvgIpc) is 3.16. The number of anilines is 1. The molecule has 0 bridgehead atoms. The first-order valence-corrected chi connectivity index (χ1v) is 8.48. The van der Waals surface area contributed by atoms with E-state index in [9.17, 15) is 10.1 Å². The van der Waals surface area contributed by atoms with Crippen LogP contribution in [0.15, 0.2) is 47.0 Å². The van der Waals surface area contributed by atoms with E-state index < -0.39 is 4.92 Å². The van der Waals surface area contributed by atoms with Crippen LogP contribution in [-0.2, 0) is 6.54 Å². The van der Waals surface area contributed by atoms with E-state index in [1.807, 2.05) is 13.8 Å². The number of nitrogens with zero attached hydrogens (tertiary/aromatic N) is 4. The molecule has 0 amide bonds. The quantitative estimate of drug-likeness (QED) is 0.483. The highest BCUT2D eigenvalue weighted by Gasteiger charge is 2.14. The molecule has 142 valence electrons. The molecule has 28 heavy (non-hydrogen) atoms. The van der Waals surface area contributed by atoms with Crippen molar-refractivity contribution in [2.45, 2.75) is 26.5 Å². The Hall–Kier alpha value is -3.93. The zero-order valence-corrected chi connectivity index (χ0v) is 15.2. The lowest BCUT2D eigenvalue weighted by atomic mass is 10.2. The summed E-state index contributed by atoms with van der Waals surface area (Å²) >= 11 is 0. The molecule has 0 aliphatic carbocycles. The van der Waals surface area contributed by atoms with Crippen LogP contribution < -0.4 is 10.1 Å². The number of ether oxygens (including phenoxy) is 1. The molecule has 3 aromatic rings. The predicted molar refractivity (Wildman–Crippen MR) is 101 cm³/mol. The molecule has 1 heterocycles. The van der Waals surface area contributed by atoms with Gasteiger partial charge in [-0.2, -0.15) is 10.2 Å². The molecule has 0 saturated heterocycles. The first-order valence-electron chi connectivity index (χ1n) is 8.48. The minimum absolute atomic E-state index is 0.0302. The van der Waals surface area contributed by atoms with Gasteiger partial charge in [0.25, 0.3) is 5.69 Å². The maximum atomic E-state index is 10.9. The molecule has 2 aromatic carbocycles. The van der Waals surface area contributed by atoms with Crippen LogP contribution in [0.1, 0.15) is 25.3 Å². The first kappa shape index (κ1) is 18.8. The molecule has 0 radical (unpaired) electrons. The van der Waals surface area contributed by atoms with Gasteiger partial charge in [0.2, 0.25) is 11.7 Å². The van der Waals surface area contributed by atoms with Crippen molar-refractivity contribution in [3.8, 4) is 23.2 Å². The molecule has 3 rings (SSSR count). The van der Waals surface area contributed by atoms with Gasteiger partial charge in [-0.1, -0.05) is 17.3 Å². The lowest BCUT2D eigenvalue weighted by Gasteiger charge is -2.15. The van der Waals surface area contributed by atoms with Crippen LogP contribution in [-0.4, -0.2) is 21.2 Å². The number of benzene rings is 2. The fourth-order valence-electron chi connectivity index (χ4n) is 2.47. The molecule has 0 unspecified atom stereocenters. The van der Waals surface area contributed by atoms with Gasteiger partial charge in [0.05, 0.1) is 34.9 Å². The van der Waals surface area contributed by atoms with Gasteiger partial charge in [-0.25, -0.2) is 0 Å². The van der Waals surface area contributed by atoms with E-state index in [4.69, 9.17) is 14.5 Å². The number of nitriles is 1. The molecular formula is C19H17N5O4. The average molecular weight is 379 g/mol. The van der Waals surface area contributed by atoms with Crippen LogP contribution in [0.25, 0.3) is 11.4 Å². The second-order valence-corrected chi connectivity index (χ2v) is 6.16. The molecule has 0 fully saturated rings. The number of nitro benzene ring substituents is 1. The van der Waals surface area contributed by atoms with E-state index in [1.54, 1.807) is 30.3 Å². The lowest BCUT2D eigenvalue weighted by molar-refractivity contribution is -0.384. The van der Waals surface area contributed by atoms with Gasteiger partial charge in [0.1, 0.15) is 5.75 Å². The Labute approximate surface area is 160 Å². The summed E-state index contributed by atoms with van der Waals surface area (Å²) in [5, 5.41) is 27.0. The number of nitro groups is 1. The summed E-state index contributed by atoms with van der Waals surface area (Å²) < 4.78 is 11.0. The van der Waals surface area contributed by atoms with Gasteiger partial charge in [-0.05, 0) is 32.0 Å². The fraction of sp³-hybridized carbons (Fsp3) is 0.211. The smallest absolute Gasteiger partial charge is 0.270 e. The van der Waals surface area contributed by atoms with Crippen LogP contribution in [0.5, 0.6) is 5.75 Å². The SMILES string of the molecule is CC(C)Oc1ccc(C#N)cc1NCc1nc(-c2cccc([N+](=O)[O-])c2)no1. The van der Waals surface area contributed by atoms with Gasteiger partial charge in [0.15, 0.2) is 0 Å². The van der Waals surface area contributed by atoms with Gasteiger partial charge >= 0.3 is 0 Å². The largest absolute Gasteiger partial charge is 0.489 e. The standard InChI is InChI=1S/C19H17N5O4/c1-12(2)27-17-7-6-13(10-20)8-16(17)21-11-18-22-19(23-28-18)14-4-3-5-15(9-14)24(25)26/h3-9,12,21H,11H2,1-2H3. The highest BCUT2D eigenvalue weighted by Crippen LogP contribution is 2.27. The molecule has 0 atom stereocenters. The Kier molecular flexibility index (Phi) is 5.50. The number of hydrogen-bond acceptors (Lipinski definition) is 8. The summed E-state index contributed by atoms with van der Waals surface area (Å²) in [5.74, 6) is 1.15. The zero-order valence-electron chi connectivity index (χ0n) is 15.2. The third-order valence-electron chi connectivity index (χ3n) is 3.68. The van der Waals surface area contributed by atoms with Crippen molar-refractivity contribution in [1.82, 2.24) is 10.1 Å². The van der Waals surface area contributed by atoms with Crippen molar-refractivity contribution >= 4 is 11.4 Å². The molecule has 0 spiro atoms. The number of aromatic nitrogens is 2. The fourth-order valence-corrected chi connectivity index (χ4v) is 2.47. The van der Waals surface area contributed by atoms with Crippen molar-refractivity contribution in [1.29, 1.82) is 5.26 Å². The Morgan fingerprint density at radius 2 is 2.14 bits per heavy atom. The van der Waals surface area contributed by atoms with Crippen LogP contribution in [0.3, 0.4) is 0 Å². The normalized spacial score (nSPS) is 10.5. The van der Waals surface area contributed by atoms with E-state index in [0.717, 1.165) is 0 Å². The molecular weight excluding hydrogens is 362 g/mol. The predicted octanol–water partition coefficient (Wildman–Crippen LogP) is 3.92. The Balaban J connectivity index is 1.77. The van der Waals surface area contributed by atoms with Gasteiger partial charge < -0.3 is 14.6 Å². The Bertz CT molecular complexity index is 1040. The zero-order chi connectivity index (χ0) is 20.1. The van der Waals surface area contributed by atoms with Gasteiger partial charge in [0, 0.05) is 17.7 Å². The van der Waals surface area contributed by atoms with E-state index in [2.05, 4.69) is 21.5 Å². The van der Waals surface area contributed by atoms with Crippen molar-refractivity contribution in [2.75, 3.05) is 5.32 Å². The Morgan fingerprint density at radius 3 is 2.86 bits per heavy atom. The topological polar surface area (TPSA) is 127 Å². The van der Waals surface area contributed by atoms with Crippen LogP contribution in [0.4, 0.5) is 11.4 Å². The minimum atomic E-state index is -0.482. The maximum absolute atomic E-state index is 10.9. The molecule has 1 N–H and O–H groups in total. The summed E-state index contributed by atoms with van der Waals surface area (Å²) in [5.41, 5.74) is 1.55. The van der Waals surface area contributed by atoms with Crippen LogP contribution in [0.2, 0.25) is 0 Å². The van der Waals surface area contributed by atoms with Crippen LogP contribution in [0, 0.1) is 21.4 Å². The van der Waals surface area contributed by atoms with Crippen molar-refractivity contribution in [2.24, 2.45) is 0 Å². The molecule has 0 aliphatic rings. The summed E-state index contributed by atoms with van der Waals surface area (Å²) in [6, 6.07) is 13.2. The summed E-state index contributed by atoms with van der Waals surface area (Å²) in [6.07, 6.45) is -0.0302. The second kappa shape index (κ2) is 8.18. The summed E-state index contributed by atoms with van der Waals surface area (Å²) in [7, 11) is 0. The number of hydrogen-bond donors (Lipinski definition) is 1. The molecule has 1 aromatic heterocycles. The third-order valence-corrected chi connectivity index (χ3v) is 3.68. The van der Waals surface area contributed by atoms with E-state index in [-0.39, 0.29) is 24.2 Å². The maximum Gasteiger partial charge on any atom is 0.270 e. The summed E-state index contributed by atoms with van der Waals surface area (Å²) in [6.45, 7) is 4.02. The monoisotopic (exact) mass is 379 g/mol. The number of rotatable bonds is 7. The number of non-ortho nitro benzene ring substituents is 1. The lowest BCUT2D eigenvalue weighted by Crippen LogP contribution is -2.09. The summed E-state index contributed by atoms with van der Waals surface area (Å²) in [4.78, 5) is 14.7. The van der Waals surface area contributed by atoms with E-state index in [0.29, 0.717) is 28.5 Å². The van der Waals surface area contributed by atoms with Crippen molar-refractivity contribution < 1.29 is 14.2 Å². The second-order valence-electron chi connectivity index (χ2n) is 6.16. The van der Waals surface area contributed by atoms with Crippen molar-refractivity contribution in [3.63, 3.8) is 0 Å². The number of nitrogens with one attached hydrogen (secondary N) is 1. The van der Waals surface area contributed by atoms with Gasteiger partial charge in [-0.3, -0.25) is 10.1 Å². The highest BCUT2D eigenvalue weighted by atomic mass is 16.6. The highest BCUT2D eigenvalue weighted by molar-refractivity contribution is 5.61.